The summed E-state index contributed by atoms with van der Waals surface area (Å²) in [6, 6.07) is 0. The normalized spacial score (nSPS) is 49.0. The maximum absolute atomic E-state index is 12.5. The van der Waals surface area contributed by atoms with E-state index in [1.807, 2.05) is 0 Å². The van der Waals surface area contributed by atoms with Crippen molar-refractivity contribution in [2.24, 2.45) is 51.8 Å². The molecule has 0 spiro atoms. The van der Waals surface area contributed by atoms with Gasteiger partial charge in [-0.1, -0.05) is 60.8 Å². The Kier molecular flexibility index (Phi) is 5.32. The third kappa shape index (κ3) is 2.88. The van der Waals surface area contributed by atoms with Crippen molar-refractivity contribution in [2.45, 2.75) is 112 Å². The summed E-state index contributed by atoms with van der Waals surface area (Å²) in [7, 11) is 0. The van der Waals surface area contributed by atoms with Gasteiger partial charge in [-0.25, -0.2) is 0 Å². The molecule has 0 heterocycles. The lowest BCUT2D eigenvalue weighted by Crippen LogP contribution is -2.56. The summed E-state index contributed by atoms with van der Waals surface area (Å²) in [5, 5.41) is 0. The van der Waals surface area contributed by atoms with E-state index in [0.717, 1.165) is 36.0 Å². The van der Waals surface area contributed by atoms with Crippen molar-refractivity contribution in [2.75, 3.05) is 0 Å². The second kappa shape index (κ2) is 7.12. The molecular weight excluding hydrogens is 340 g/mol. The van der Waals surface area contributed by atoms with E-state index in [1.165, 1.54) is 64.2 Å². The summed E-state index contributed by atoms with van der Waals surface area (Å²) in [5.74, 6) is 5.31. The van der Waals surface area contributed by atoms with Crippen LogP contribution in [0, 0.1) is 51.8 Å². The van der Waals surface area contributed by atoms with Crippen LogP contribution in [0.4, 0.5) is 0 Å². The van der Waals surface area contributed by atoms with E-state index in [1.54, 1.807) is 0 Å². The van der Waals surface area contributed by atoms with Crippen molar-refractivity contribution in [3.8, 4) is 0 Å². The standard InChI is InChI=1S/C27H46O/c1-18(2)8-7-9-19(3)20-12-16-27(6)22-10-11-23-24(28)14-15-25(23,4)21(22)13-17-26(20,27)5/h18-23H,7-17H2,1-6H3/t19-,20-,21-,22+,23+,25-,26-,27+/m1/s1. The molecule has 8 atom stereocenters. The van der Waals surface area contributed by atoms with Crippen molar-refractivity contribution in [1.29, 1.82) is 0 Å². The number of fused-ring (bicyclic) bond motifs is 5. The Morgan fingerprint density at radius 1 is 0.857 bits per heavy atom. The molecule has 0 N–H and O–H groups in total. The summed E-state index contributed by atoms with van der Waals surface area (Å²) in [6.45, 7) is 15.2. The van der Waals surface area contributed by atoms with Crippen LogP contribution in [0.5, 0.6) is 0 Å². The fourth-order valence-corrected chi connectivity index (χ4v) is 9.32. The third-order valence-electron chi connectivity index (χ3n) is 11.2. The van der Waals surface area contributed by atoms with E-state index in [-0.39, 0.29) is 0 Å². The molecule has 1 heteroatoms. The molecule has 0 aromatic carbocycles. The highest BCUT2D eigenvalue weighted by Gasteiger charge is 2.66. The Labute approximate surface area is 174 Å². The topological polar surface area (TPSA) is 17.1 Å². The van der Waals surface area contributed by atoms with Gasteiger partial charge in [0.05, 0.1) is 0 Å². The van der Waals surface area contributed by atoms with Gasteiger partial charge in [0.15, 0.2) is 0 Å². The minimum atomic E-state index is 0.325. The first kappa shape index (κ1) is 20.9. The number of carbonyl (C=O) groups is 1. The summed E-state index contributed by atoms with van der Waals surface area (Å²) in [6.07, 6.45) is 14.5. The monoisotopic (exact) mass is 386 g/mol. The van der Waals surface area contributed by atoms with Gasteiger partial charge in [0.25, 0.3) is 0 Å². The molecule has 4 fully saturated rings. The summed E-state index contributed by atoms with van der Waals surface area (Å²) in [5.41, 5.74) is 1.36. The molecule has 0 amide bonds. The molecule has 28 heavy (non-hydrogen) atoms. The zero-order valence-corrected chi connectivity index (χ0v) is 19.7. The molecule has 4 aliphatic rings. The first-order valence-electron chi connectivity index (χ1n) is 12.7. The fraction of sp³-hybridized carbons (Fsp3) is 0.963. The molecule has 0 unspecified atom stereocenters. The Bertz CT molecular complexity index is 607. The molecule has 0 aliphatic heterocycles. The average Bonchev–Trinajstić information content (AvgIpc) is 3.08. The Morgan fingerprint density at radius 3 is 2.29 bits per heavy atom. The number of rotatable bonds is 5. The van der Waals surface area contributed by atoms with E-state index in [9.17, 15) is 4.79 Å². The van der Waals surface area contributed by atoms with E-state index < -0.39 is 0 Å². The molecule has 4 rings (SSSR count). The molecule has 0 bridgehead atoms. The van der Waals surface area contributed by atoms with Crippen LogP contribution >= 0.6 is 0 Å². The SMILES string of the molecule is CC(C)CCC[C@@H](C)[C@H]1CC[C@@]2(C)[C@H]3CC[C@H]4C(=O)CC[C@]4(C)[C@@H]3CC[C@]12C. The Balaban J connectivity index is 1.54. The van der Waals surface area contributed by atoms with Crippen molar-refractivity contribution in [3.05, 3.63) is 0 Å². The fourth-order valence-electron chi connectivity index (χ4n) is 9.32. The second-order valence-corrected chi connectivity index (χ2v) is 12.6. The van der Waals surface area contributed by atoms with Crippen molar-refractivity contribution >= 4 is 5.78 Å². The van der Waals surface area contributed by atoms with Gasteiger partial charge in [-0.05, 0) is 90.8 Å². The number of Topliss-reactive ketones (excluding diaryl/α,β-unsaturated/α-hetero) is 1. The van der Waals surface area contributed by atoms with Gasteiger partial charge in [-0.2, -0.15) is 0 Å². The Morgan fingerprint density at radius 2 is 1.57 bits per heavy atom. The molecule has 0 radical (unpaired) electrons. The molecule has 4 saturated carbocycles. The minimum Gasteiger partial charge on any atom is -0.299 e. The molecule has 0 aromatic rings. The van der Waals surface area contributed by atoms with Crippen LogP contribution in [-0.2, 0) is 4.79 Å². The molecule has 0 saturated heterocycles. The van der Waals surface area contributed by atoms with Gasteiger partial charge in [-0.15, -0.1) is 0 Å². The van der Waals surface area contributed by atoms with E-state index in [0.29, 0.717) is 27.9 Å². The maximum atomic E-state index is 12.5. The van der Waals surface area contributed by atoms with Gasteiger partial charge in [0.1, 0.15) is 5.78 Å². The second-order valence-electron chi connectivity index (χ2n) is 12.6. The van der Waals surface area contributed by atoms with Crippen molar-refractivity contribution in [3.63, 3.8) is 0 Å². The van der Waals surface area contributed by atoms with E-state index >= 15 is 0 Å². The van der Waals surface area contributed by atoms with Gasteiger partial charge in [0, 0.05) is 12.3 Å². The lowest BCUT2D eigenvalue weighted by Gasteiger charge is -2.62. The highest BCUT2D eigenvalue weighted by atomic mass is 16.1. The highest BCUT2D eigenvalue weighted by Crippen LogP contribution is 2.73. The first-order chi connectivity index (χ1) is 13.1. The lowest BCUT2D eigenvalue weighted by atomic mass is 9.42. The van der Waals surface area contributed by atoms with E-state index in [4.69, 9.17) is 0 Å². The minimum absolute atomic E-state index is 0.325. The van der Waals surface area contributed by atoms with Crippen LogP contribution in [0.3, 0.4) is 0 Å². The molecule has 160 valence electrons. The predicted molar refractivity (Wildman–Crippen MR) is 118 cm³/mol. The Hall–Kier alpha value is -0.330. The summed E-state index contributed by atoms with van der Waals surface area (Å²) >= 11 is 0. The number of carbonyl (C=O) groups excluding carboxylic acids is 1. The van der Waals surface area contributed by atoms with Crippen molar-refractivity contribution in [1.82, 2.24) is 0 Å². The van der Waals surface area contributed by atoms with Crippen LogP contribution in [0.1, 0.15) is 112 Å². The molecular formula is C27H46O. The average molecular weight is 387 g/mol. The van der Waals surface area contributed by atoms with Crippen LogP contribution in [0.2, 0.25) is 0 Å². The number of hydrogen-bond donors (Lipinski definition) is 0. The smallest absolute Gasteiger partial charge is 0.136 e. The van der Waals surface area contributed by atoms with Gasteiger partial charge in [-0.3, -0.25) is 4.79 Å². The maximum Gasteiger partial charge on any atom is 0.136 e. The van der Waals surface area contributed by atoms with Gasteiger partial charge >= 0.3 is 0 Å². The van der Waals surface area contributed by atoms with Crippen LogP contribution in [0.25, 0.3) is 0 Å². The zero-order valence-electron chi connectivity index (χ0n) is 19.7. The van der Waals surface area contributed by atoms with Crippen molar-refractivity contribution < 1.29 is 4.79 Å². The summed E-state index contributed by atoms with van der Waals surface area (Å²) in [4.78, 5) is 12.5. The predicted octanol–water partition coefficient (Wildman–Crippen LogP) is 7.68. The first-order valence-corrected chi connectivity index (χ1v) is 12.7. The third-order valence-corrected chi connectivity index (χ3v) is 11.2. The van der Waals surface area contributed by atoms with Crippen LogP contribution < -0.4 is 0 Å². The summed E-state index contributed by atoms with van der Waals surface area (Å²) < 4.78 is 0. The number of ketones is 1. The molecule has 4 aliphatic carbocycles. The molecule has 0 aromatic heterocycles. The largest absolute Gasteiger partial charge is 0.299 e. The van der Waals surface area contributed by atoms with Gasteiger partial charge < -0.3 is 0 Å². The highest BCUT2D eigenvalue weighted by molar-refractivity contribution is 5.84. The molecule has 1 nitrogen and oxygen atoms in total. The zero-order chi connectivity index (χ0) is 20.3. The van der Waals surface area contributed by atoms with E-state index in [2.05, 4.69) is 41.5 Å². The lowest BCUT2D eigenvalue weighted by molar-refractivity contribution is -0.149. The van der Waals surface area contributed by atoms with Crippen LogP contribution in [0.15, 0.2) is 0 Å². The number of hydrogen-bond acceptors (Lipinski definition) is 1. The quantitative estimate of drug-likeness (QED) is 0.473. The van der Waals surface area contributed by atoms with Crippen LogP contribution in [-0.4, -0.2) is 5.78 Å². The van der Waals surface area contributed by atoms with Gasteiger partial charge in [0.2, 0.25) is 0 Å².